The molecular weight excluding hydrogens is 342 g/mol. The van der Waals surface area contributed by atoms with Gasteiger partial charge in [-0.3, -0.25) is 0 Å². The minimum Gasteiger partial charge on any atom is -0.311 e. The van der Waals surface area contributed by atoms with E-state index in [2.05, 4.69) is 54.4 Å². The van der Waals surface area contributed by atoms with Crippen molar-refractivity contribution in [3.8, 4) is 6.07 Å². The standard InChI is InChI=1S/C25H35N3/c1-3-5-17-28(18-6-4-2)19-16-27-21-23-8-7-9-24(15-12-23)25-13-10-22(20-26)11-14-25/h8-15,27H,3-7,16-19,21H2,1-2H3. The van der Waals surface area contributed by atoms with Crippen molar-refractivity contribution < 1.29 is 0 Å². The molecule has 3 nitrogen and oxygen atoms in total. The van der Waals surface area contributed by atoms with Gasteiger partial charge < -0.3 is 10.2 Å². The summed E-state index contributed by atoms with van der Waals surface area (Å²) in [5.41, 5.74) is 4.44. The number of hydrogen-bond acceptors (Lipinski definition) is 3. The Morgan fingerprint density at radius 2 is 1.68 bits per heavy atom. The molecule has 1 aliphatic carbocycles. The van der Waals surface area contributed by atoms with Crippen molar-refractivity contribution >= 4 is 5.57 Å². The van der Waals surface area contributed by atoms with Gasteiger partial charge in [0.25, 0.3) is 0 Å². The highest BCUT2D eigenvalue weighted by Gasteiger charge is 2.05. The molecule has 0 spiro atoms. The first-order valence-corrected chi connectivity index (χ1v) is 10.8. The summed E-state index contributed by atoms with van der Waals surface area (Å²) >= 11 is 0. The SMILES string of the molecule is CCCCN(CCCC)CCNCC1=CCC=C(c2ccc(C#N)cc2)C=C1. The Balaban J connectivity index is 1.77. The molecule has 0 saturated heterocycles. The summed E-state index contributed by atoms with van der Waals surface area (Å²) in [5, 5.41) is 12.6. The molecule has 2 rings (SSSR count). The van der Waals surface area contributed by atoms with Crippen molar-refractivity contribution in [1.82, 2.24) is 10.2 Å². The fourth-order valence-electron chi connectivity index (χ4n) is 3.32. The van der Waals surface area contributed by atoms with Crippen LogP contribution < -0.4 is 5.32 Å². The molecule has 1 aliphatic rings. The Kier molecular flexibility index (Phi) is 10.4. The van der Waals surface area contributed by atoms with Gasteiger partial charge in [0.05, 0.1) is 11.6 Å². The van der Waals surface area contributed by atoms with E-state index in [0.717, 1.165) is 26.1 Å². The summed E-state index contributed by atoms with van der Waals surface area (Å²) in [4.78, 5) is 2.60. The van der Waals surface area contributed by atoms with Crippen molar-refractivity contribution in [1.29, 1.82) is 5.26 Å². The van der Waals surface area contributed by atoms with Gasteiger partial charge in [-0.15, -0.1) is 0 Å². The van der Waals surface area contributed by atoms with Crippen LogP contribution in [0.2, 0.25) is 0 Å². The summed E-state index contributed by atoms with van der Waals surface area (Å²) in [5.74, 6) is 0. The fraction of sp³-hybridized carbons (Fsp3) is 0.480. The Morgan fingerprint density at radius 1 is 0.964 bits per heavy atom. The first kappa shape index (κ1) is 22.1. The molecule has 0 atom stereocenters. The van der Waals surface area contributed by atoms with Crippen LogP contribution in [0.4, 0.5) is 0 Å². The zero-order valence-corrected chi connectivity index (χ0v) is 17.6. The van der Waals surface area contributed by atoms with Crippen LogP contribution in [-0.2, 0) is 0 Å². The zero-order chi connectivity index (χ0) is 20.0. The van der Waals surface area contributed by atoms with E-state index in [0.29, 0.717) is 5.56 Å². The molecule has 0 unspecified atom stereocenters. The lowest BCUT2D eigenvalue weighted by molar-refractivity contribution is 0.266. The van der Waals surface area contributed by atoms with Gasteiger partial charge in [0.2, 0.25) is 0 Å². The Labute approximate surface area is 171 Å². The minimum absolute atomic E-state index is 0.705. The second-order valence-electron chi connectivity index (χ2n) is 7.42. The lowest BCUT2D eigenvalue weighted by Crippen LogP contribution is -2.34. The van der Waals surface area contributed by atoms with E-state index >= 15 is 0 Å². The molecule has 1 aromatic rings. The molecule has 0 heterocycles. The third kappa shape index (κ3) is 7.84. The molecule has 28 heavy (non-hydrogen) atoms. The molecular formula is C25H35N3. The summed E-state index contributed by atoms with van der Waals surface area (Å²) in [6.45, 7) is 10.1. The summed E-state index contributed by atoms with van der Waals surface area (Å²) in [6, 6.07) is 9.99. The molecule has 0 bridgehead atoms. The maximum Gasteiger partial charge on any atom is 0.0991 e. The number of unbranched alkanes of at least 4 members (excludes halogenated alkanes) is 2. The van der Waals surface area contributed by atoms with E-state index in [4.69, 9.17) is 5.26 Å². The number of nitrogens with zero attached hydrogens (tertiary/aromatic N) is 2. The van der Waals surface area contributed by atoms with E-state index in [1.807, 2.05) is 24.3 Å². The van der Waals surface area contributed by atoms with Gasteiger partial charge in [-0.25, -0.2) is 0 Å². The van der Waals surface area contributed by atoms with E-state index in [-0.39, 0.29) is 0 Å². The molecule has 0 amide bonds. The van der Waals surface area contributed by atoms with Gasteiger partial charge in [-0.05, 0) is 61.2 Å². The normalized spacial score (nSPS) is 13.8. The number of rotatable bonds is 12. The highest BCUT2D eigenvalue weighted by atomic mass is 15.1. The third-order valence-electron chi connectivity index (χ3n) is 5.13. The van der Waals surface area contributed by atoms with Gasteiger partial charge >= 0.3 is 0 Å². The summed E-state index contributed by atoms with van der Waals surface area (Å²) in [7, 11) is 0. The maximum atomic E-state index is 8.94. The Hall–Kier alpha value is -2.15. The van der Waals surface area contributed by atoms with Gasteiger partial charge in [-0.1, -0.05) is 63.1 Å². The van der Waals surface area contributed by atoms with Crippen LogP contribution in [0.5, 0.6) is 0 Å². The van der Waals surface area contributed by atoms with E-state index < -0.39 is 0 Å². The number of nitriles is 1. The van der Waals surface area contributed by atoms with Crippen molar-refractivity contribution in [3.05, 3.63) is 65.3 Å². The monoisotopic (exact) mass is 377 g/mol. The molecule has 3 heteroatoms. The Bertz CT molecular complexity index is 696. The summed E-state index contributed by atoms with van der Waals surface area (Å²) in [6.07, 6.45) is 15.0. The lowest BCUT2D eigenvalue weighted by Gasteiger charge is -2.22. The van der Waals surface area contributed by atoms with Crippen molar-refractivity contribution in [2.75, 3.05) is 32.7 Å². The predicted octanol–water partition coefficient (Wildman–Crippen LogP) is 5.32. The smallest absolute Gasteiger partial charge is 0.0991 e. The first-order valence-electron chi connectivity index (χ1n) is 10.8. The zero-order valence-electron chi connectivity index (χ0n) is 17.6. The minimum atomic E-state index is 0.705. The second-order valence-corrected chi connectivity index (χ2v) is 7.42. The van der Waals surface area contributed by atoms with Gasteiger partial charge in [0.15, 0.2) is 0 Å². The van der Waals surface area contributed by atoms with Gasteiger partial charge in [0.1, 0.15) is 0 Å². The quantitative estimate of drug-likeness (QED) is 0.501. The van der Waals surface area contributed by atoms with E-state index in [1.165, 1.54) is 55.5 Å². The molecule has 1 aromatic carbocycles. The first-order chi connectivity index (χ1) is 13.8. The van der Waals surface area contributed by atoms with Crippen LogP contribution in [0.1, 0.15) is 57.1 Å². The van der Waals surface area contributed by atoms with Crippen LogP contribution in [0.15, 0.2) is 54.1 Å². The van der Waals surface area contributed by atoms with Gasteiger partial charge in [0, 0.05) is 19.6 Å². The average molecular weight is 378 g/mol. The Morgan fingerprint density at radius 3 is 2.32 bits per heavy atom. The largest absolute Gasteiger partial charge is 0.311 e. The van der Waals surface area contributed by atoms with Crippen molar-refractivity contribution in [2.24, 2.45) is 0 Å². The van der Waals surface area contributed by atoms with Crippen LogP contribution in [0, 0.1) is 11.3 Å². The third-order valence-corrected chi connectivity index (χ3v) is 5.13. The lowest BCUT2D eigenvalue weighted by atomic mass is 10.0. The predicted molar refractivity (Wildman–Crippen MR) is 120 cm³/mol. The van der Waals surface area contributed by atoms with Crippen LogP contribution >= 0.6 is 0 Å². The fourth-order valence-corrected chi connectivity index (χ4v) is 3.32. The molecule has 0 fully saturated rings. The van der Waals surface area contributed by atoms with Crippen LogP contribution in [-0.4, -0.2) is 37.6 Å². The van der Waals surface area contributed by atoms with Gasteiger partial charge in [-0.2, -0.15) is 5.26 Å². The van der Waals surface area contributed by atoms with E-state index in [1.54, 1.807) is 0 Å². The molecule has 1 N–H and O–H groups in total. The number of nitrogens with one attached hydrogen (secondary N) is 1. The molecule has 0 radical (unpaired) electrons. The van der Waals surface area contributed by atoms with Crippen molar-refractivity contribution in [2.45, 2.75) is 46.0 Å². The number of hydrogen-bond donors (Lipinski definition) is 1. The van der Waals surface area contributed by atoms with E-state index in [9.17, 15) is 0 Å². The summed E-state index contributed by atoms with van der Waals surface area (Å²) < 4.78 is 0. The van der Waals surface area contributed by atoms with Crippen molar-refractivity contribution in [3.63, 3.8) is 0 Å². The highest BCUT2D eigenvalue weighted by molar-refractivity contribution is 5.75. The second kappa shape index (κ2) is 13.1. The average Bonchev–Trinajstić information content (AvgIpc) is 2.98. The topological polar surface area (TPSA) is 39.1 Å². The maximum absolute atomic E-state index is 8.94. The molecule has 150 valence electrons. The van der Waals surface area contributed by atoms with Crippen LogP contribution in [0.3, 0.4) is 0 Å². The molecule has 0 aliphatic heterocycles. The molecule has 0 saturated carbocycles. The van der Waals surface area contributed by atoms with Crippen LogP contribution in [0.25, 0.3) is 5.57 Å². The highest BCUT2D eigenvalue weighted by Crippen LogP contribution is 2.21. The number of allylic oxidation sites excluding steroid dienone is 4. The number of benzene rings is 1. The molecule has 0 aromatic heterocycles.